The Balaban J connectivity index is 1.86. The zero-order chi connectivity index (χ0) is 16.9. The van der Waals surface area contributed by atoms with Crippen molar-refractivity contribution in [2.75, 3.05) is 19.8 Å². The van der Waals surface area contributed by atoms with E-state index in [0.717, 1.165) is 12.8 Å². The van der Waals surface area contributed by atoms with Crippen LogP contribution in [-0.4, -0.2) is 37.0 Å². The van der Waals surface area contributed by atoms with E-state index in [1.165, 1.54) is 0 Å². The van der Waals surface area contributed by atoms with Crippen LogP contribution in [0.1, 0.15) is 44.0 Å². The van der Waals surface area contributed by atoms with Crippen LogP contribution in [0.3, 0.4) is 0 Å². The Morgan fingerprint density at radius 3 is 2.35 bits per heavy atom. The highest BCUT2D eigenvalue weighted by molar-refractivity contribution is 5.98. The van der Waals surface area contributed by atoms with Crippen molar-refractivity contribution < 1.29 is 19.1 Å². The molecule has 0 aliphatic carbocycles. The molecule has 0 unspecified atom stereocenters. The van der Waals surface area contributed by atoms with E-state index in [1.54, 1.807) is 24.3 Å². The zero-order valence-corrected chi connectivity index (χ0v) is 14.1. The van der Waals surface area contributed by atoms with Crippen molar-refractivity contribution in [3.63, 3.8) is 0 Å². The van der Waals surface area contributed by atoms with E-state index in [-0.39, 0.29) is 29.8 Å². The molecule has 0 atom stereocenters. The summed E-state index contributed by atoms with van der Waals surface area (Å²) in [6.45, 7) is 7.02. The normalized spacial score (nSPS) is 16.0. The Hall–Kier alpha value is -1.88. The van der Waals surface area contributed by atoms with E-state index in [1.807, 2.05) is 20.8 Å². The first-order chi connectivity index (χ1) is 10.8. The minimum absolute atomic E-state index is 0.0372. The third kappa shape index (κ3) is 5.67. The van der Waals surface area contributed by atoms with Gasteiger partial charge < -0.3 is 14.8 Å². The van der Waals surface area contributed by atoms with Crippen LogP contribution in [0, 0.1) is 5.92 Å². The summed E-state index contributed by atoms with van der Waals surface area (Å²) in [5.41, 5.74) is 0.406. The quantitative estimate of drug-likeness (QED) is 0.847. The van der Waals surface area contributed by atoms with E-state index in [4.69, 9.17) is 9.47 Å². The highest BCUT2D eigenvalue weighted by atomic mass is 16.5. The highest BCUT2D eigenvalue weighted by Gasteiger charge is 2.22. The van der Waals surface area contributed by atoms with Gasteiger partial charge in [0, 0.05) is 30.2 Å². The Bertz CT molecular complexity index is 539. The predicted octanol–water partition coefficient (Wildman–Crippen LogP) is 2.59. The molecule has 1 saturated heterocycles. The molecule has 0 bridgehead atoms. The summed E-state index contributed by atoms with van der Waals surface area (Å²) in [5, 5.41) is 2.83. The van der Waals surface area contributed by atoms with Crippen molar-refractivity contribution in [1.82, 2.24) is 5.32 Å². The van der Waals surface area contributed by atoms with Crippen LogP contribution < -0.4 is 10.1 Å². The molecule has 0 spiro atoms. The Labute approximate surface area is 137 Å². The maximum absolute atomic E-state index is 12.4. The third-order valence-corrected chi connectivity index (χ3v) is 3.62. The summed E-state index contributed by atoms with van der Waals surface area (Å²) >= 11 is 0. The number of ether oxygens (including phenoxy) is 2. The van der Waals surface area contributed by atoms with Gasteiger partial charge in [-0.15, -0.1) is 0 Å². The van der Waals surface area contributed by atoms with Crippen LogP contribution in [0.5, 0.6) is 5.75 Å². The van der Waals surface area contributed by atoms with E-state index < -0.39 is 0 Å². The number of benzene rings is 1. The van der Waals surface area contributed by atoms with E-state index in [2.05, 4.69) is 5.32 Å². The molecule has 0 saturated carbocycles. The number of carbonyl (C=O) groups excluding carboxylic acids is 2. The maximum Gasteiger partial charge on any atom is 0.258 e. The van der Waals surface area contributed by atoms with Crippen LogP contribution in [0.4, 0.5) is 0 Å². The van der Waals surface area contributed by atoms with Gasteiger partial charge in [-0.25, -0.2) is 0 Å². The minimum Gasteiger partial charge on any atom is -0.484 e. The zero-order valence-electron chi connectivity index (χ0n) is 14.1. The second-order valence-corrected chi connectivity index (χ2v) is 6.86. The molecule has 1 fully saturated rings. The predicted molar refractivity (Wildman–Crippen MR) is 87.7 cm³/mol. The Kier molecular flexibility index (Phi) is 5.77. The van der Waals surface area contributed by atoms with Gasteiger partial charge in [-0.3, -0.25) is 9.59 Å². The topological polar surface area (TPSA) is 64.6 Å². The molecule has 1 aromatic carbocycles. The molecule has 1 aliphatic rings. The SMILES string of the molecule is CC(C)(C)NC(=O)COc1ccc(C(=O)C2CCOCC2)cc1. The minimum atomic E-state index is -0.277. The highest BCUT2D eigenvalue weighted by Crippen LogP contribution is 2.21. The van der Waals surface area contributed by atoms with Crippen molar-refractivity contribution in [3.8, 4) is 5.75 Å². The second kappa shape index (κ2) is 7.59. The lowest BCUT2D eigenvalue weighted by Crippen LogP contribution is -2.43. The second-order valence-electron chi connectivity index (χ2n) is 6.86. The van der Waals surface area contributed by atoms with Gasteiger partial charge in [0.25, 0.3) is 5.91 Å². The Morgan fingerprint density at radius 2 is 1.78 bits per heavy atom. The molecular formula is C18H25NO4. The molecule has 1 N–H and O–H groups in total. The largest absolute Gasteiger partial charge is 0.484 e. The number of carbonyl (C=O) groups is 2. The summed E-state index contributed by atoms with van der Waals surface area (Å²) in [6.07, 6.45) is 1.56. The number of hydrogen-bond acceptors (Lipinski definition) is 4. The van der Waals surface area contributed by atoms with Crippen LogP contribution in [0.2, 0.25) is 0 Å². The van der Waals surface area contributed by atoms with Gasteiger partial charge in [-0.05, 0) is 57.9 Å². The molecule has 1 amide bonds. The fourth-order valence-corrected chi connectivity index (χ4v) is 2.51. The monoisotopic (exact) mass is 319 g/mol. The maximum atomic E-state index is 12.4. The van der Waals surface area contributed by atoms with Crippen molar-refractivity contribution >= 4 is 11.7 Å². The molecule has 0 radical (unpaired) electrons. The van der Waals surface area contributed by atoms with Gasteiger partial charge in [0.05, 0.1) is 0 Å². The van der Waals surface area contributed by atoms with Crippen LogP contribution in [-0.2, 0) is 9.53 Å². The van der Waals surface area contributed by atoms with Gasteiger partial charge in [-0.1, -0.05) is 0 Å². The van der Waals surface area contributed by atoms with Crippen molar-refractivity contribution in [2.24, 2.45) is 5.92 Å². The van der Waals surface area contributed by atoms with Crippen LogP contribution >= 0.6 is 0 Å². The third-order valence-electron chi connectivity index (χ3n) is 3.62. The number of ketones is 1. The van der Waals surface area contributed by atoms with Crippen molar-refractivity contribution in [3.05, 3.63) is 29.8 Å². The Morgan fingerprint density at radius 1 is 1.17 bits per heavy atom. The van der Waals surface area contributed by atoms with Crippen LogP contribution in [0.15, 0.2) is 24.3 Å². The molecule has 23 heavy (non-hydrogen) atoms. The number of rotatable bonds is 5. The first-order valence-corrected chi connectivity index (χ1v) is 8.01. The molecule has 1 heterocycles. The summed E-state index contributed by atoms with van der Waals surface area (Å²) in [5.74, 6) is 0.621. The summed E-state index contributed by atoms with van der Waals surface area (Å²) in [6, 6.07) is 6.98. The van der Waals surface area contributed by atoms with Crippen LogP contribution in [0.25, 0.3) is 0 Å². The summed E-state index contributed by atoms with van der Waals surface area (Å²) < 4.78 is 10.7. The average molecular weight is 319 g/mol. The van der Waals surface area contributed by atoms with Crippen molar-refractivity contribution in [1.29, 1.82) is 0 Å². The summed E-state index contributed by atoms with van der Waals surface area (Å²) in [7, 11) is 0. The smallest absolute Gasteiger partial charge is 0.258 e. The number of amides is 1. The molecule has 2 rings (SSSR count). The molecular weight excluding hydrogens is 294 g/mol. The first kappa shape index (κ1) is 17.5. The molecule has 1 aromatic rings. The van der Waals surface area contributed by atoms with Gasteiger partial charge in [0.1, 0.15) is 5.75 Å². The average Bonchev–Trinajstić information content (AvgIpc) is 2.52. The number of hydrogen-bond donors (Lipinski definition) is 1. The molecule has 1 aliphatic heterocycles. The molecule has 5 heteroatoms. The number of Topliss-reactive ketones (excluding diaryl/α,β-unsaturated/α-hetero) is 1. The van der Waals surface area contributed by atoms with E-state index >= 15 is 0 Å². The van der Waals surface area contributed by atoms with Gasteiger partial charge in [0.15, 0.2) is 12.4 Å². The van der Waals surface area contributed by atoms with Gasteiger partial charge in [0.2, 0.25) is 0 Å². The van der Waals surface area contributed by atoms with E-state index in [0.29, 0.717) is 24.5 Å². The number of nitrogens with one attached hydrogen (secondary N) is 1. The fourth-order valence-electron chi connectivity index (χ4n) is 2.51. The lowest BCUT2D eigenvalue weighted by molar-refractivity contribution is -0.124. The molecule has 5 nitrogen and oxygen atoms in total. The first-order valence-electron chi connectivity index (χ1n) is 8.01. The molecule has 0 aromatic heterocycles. The van der Waals surface area contributed by atoms with Gasteiger partial charge in [-0.2, -0.15) is 0 Å². The standard InChI is InChI=1S/C18H25NO4/c1-18(2,3)19-16(20)12-23-15-6-4-13(5-7-15)17(21)14-8-10-22-11-9-14/h4-7,14H,8-12H2,1-3H3,(H,19,20). The lowest BCUT2D eigenvalue weighted by Gasteiger charge is -2.21. The summed E-state index contributed by atoms with van der Waals surface area (Å²) in [4.78, 5) is 24.1. The lowest BCUT2D eigenvalue weighted by atomic mass is 9.91. The van der Waals surface area contributed by atoms with Gasteiger partial charge >= 0.3 is 0 Å². The fraction of sp³-hybridized carbons (Fsp3) is 0.556. The molecule has 126 valence electrons. The van der Waals surface area contributed by atoms with Crippen molar-refractivity contribution in [2.45, 2.75) is 39.2 Å². The van der Waals surface area contributed by atoms with E-state index in [9.17, 15) is 9.59 Å².